The van der Waals surface area contributed by atoms with Gasteiger partial charge in [0.25, 0.3) is 0 Å². The van der Waals surface area contributed by atoms with Gasteiger partial charge in [-0.1, -0.05) is 6.42 Å². The number of rotatable bonds is 1. The van der Waals surface area contributed by atoms with Crippen molar-refractivity contribution in [1.82, 2.24) is 0 Å². The Hall–Kier alpha value is 0.0200. The lowest BCUT2D eigenvalue weighted by molar-refractivity contribution is -0.120. The van der Waals surface area contributed by atoms with Gasteiger partial charge in [-0.2, -0.15) is 11.8 Å². The number of carbonyl (C=O) groups excluding carboxylic acids is 1. The Kier molecular flexibility index (Phi) is 3.26. The number of ketones is 1. The van der Waals surface area contributed by atoms with E-state index >= 15 is 0 Å². The van der Waals surface area contributed by atoms with Gasteiger partial charge in [-0.05, 0) is 25.5 Å². The first kappa shape index (κ1) is 8.12. The van der Waals surface area contributed by atoms with E-state index in [9.17, 15) is 4.79 Å². The van der Waals surface area contributed by atoms with Gasteiger partial charge >= 0.3 is 0 Å². The molecule has 10 heavy (non-hydrogen) atoms. The number of carbonyl (C=O) groups is 1. The van der Waals surface area contributed by atoms with Gasteiger partial charge in [0.1, 0.15) is 5.78 Å². The van der Waals surface area contributed by atoms with Crippen LogP contribution in [0.3, 0.4) is 0 Å². The Labute approximate surface area is 66.6 Å². The van der Waals surface area contributed by atoms with Crippen LogP contribution in [0.2, 0.25) is 0 Å². The van der Waals surface area contributed by atoms with E-state index in [0.717, 1.165) is 12.2 Å². The number of thioether (sulfide) groups is 1. The molecule has 58 valence electrons. The van der Waals surface area contributed by atoms with Crippen molar-refractivity contribution in [3.05, 3.63) is 0 Å². The Morgan fingerprint density at radius 2 is 2.30 bits per heavy atom. The molecular weight excluding hydrogens is 144 g/mol. The van der Waals surface area contributed by atoms with Gasteiger partial charge in [-0.25, -0.2) is 0 Å². The van der Waals surface area contributed by atoms with Crippen LogP contribution < -0.4 is 0 Å². The maximum atomic E-state index is 10.9. The summed E-state index contributed by atoms with van der Waals surface area (Å²) in [5, 5.41) is 0. The molecule has 0 saturated carbocycles. The van der Waals surface area contributed by atoms with Gasteiger partial charge in [0.15, 0.2) is 0 Å². The van der Waals surface area contributed by atoms with Gasteiger partial charge in [0, 0.05) is 11.7 Å². The molecule has 1 aliphatic heterocycles. The van der Waals surface area contributed by atoms with Crippen molar-refractivity contribution in [2.45, 2.75) is 26.2 Å². The molecule has 1 saturated heterocycles. The standard InChI is InChI=1S/C8H14OS/c1-7(9)8-4-2-3-5-10-6-8/h8H,2-6H2,1H3. The molecule has 1 atom stereocenters. The molecule has 1 rings (SSSR count). The van der Waals surface area contributed by atoms with E-state index in [-0.39, 0.29) is 0 Å². The second-order valence-corrected chi connectivity index (χ2v) is 4.03. The third-order valence-corrected chi connectivity index (χ3v) is 3.20. The van der Waals surface area contributed by atoms with Crippen molar-refractivity contribution in [3.8, 4) is 0 Å². The van der Waals surface area contributed by atoms with Crippen LogP contribution in [0.5, 0.6) is 0 Å². The van der Waals surface area contributed by atoms with E-state index in [1.54, 1.807) is 6.92 Å². The molecule has 0 radical (unpaired) electrons. The number of hydrogen-bond acceptors (Lipinski definition) is 2. The SMILES string of the molecule is CC(=O)C1CCCCSC1. The summed E-state index contributed by atoms with van der Waals surface area (Å²) in [4.78, 5) is 10.9. The summed E-state index contributed by atoms with van der Waals surface area (Å²) in [5.41, 5.74) is 0. The minimum atomic E-state index is 0.368. The van der Waals surface area contributed by atoms with Gasteiger partial charge in [0.2, 0.25) is 0 Å². The van der Waals surface area contributed by atoms with Crippen molar-refractivity contribution < 1.29 is 4.79 Å². The van der Waals surface area contributed by atoms with Crippen molar-refractivity contribution in [1.29, 1.82) is 0 Å². The van der Waals surface area contributed by atoms with Crippen molar-refractivity contribution in [2.75, 3.05) is 11.5 Å². The number of Topliss-reactive ketones (excluding diaryl/α,β-unsaturated/α-hetero) is 1. The maximum Gasteiger partial charge on any atom is 0.133 e. The van der Waals surface area contributed by atoms with Crippen molar-refractivity contribution in [3.63, 3.8) is 0 Å². The molecule has 1 aliphatic rings. The molecule has 0 aliphatic carbocycles. The Morgan fingerprint density at radius 1 is 1.50 bits per heavy atom. The summed E-state index contributed by atoms with van der Waals surface area (Å²) in [6.45, 7) is 1.72. The molecule has 0 aromatic rings. The van der Waals surface area contributed by atoms with Crippen LogP contribution in [0, 0.1) is 5.92 Å². The molecule has 1 unspecified atom stereocenters. The van der Waals surface area contributed by atoms with Crippen LogP contribution in [0.4, 0.5) is 0 Å². The predicted molar refractivity (Wildman–Crippen MR) is 45.3 cm³/mol. The zero-order valence-corrected chi connectivity index (χ0v) is 7.25. The quantitative estimate of drug-likeness (QED) is 0.581. The highest BCUT2D eigenvalue weighted by atomic mass is 32.2. The summed E-state index contributed by atoms with van der Waals surface area (Å²) in [5.74, 6) is 3.07. The van der Waals surface area contributed by atoms with E-state index in [4.69, 9.17) is 0 Å². The molecule has 1 nitrogen and oxygen atoms in total. The van der Waals surface area contributed by atoms with Crippen LogP contribution in [0.25, 0.3) is 0 Å². The highest BCUT2D eigenvalue weighted by molar-refractivity contribution is 7.99. The van der Waals surface area contributed by atoms with Crippen molar-refractivity contribution >= 4 is 17.5 Å². The highest BCUT2D eigenvalue weighted by Crippen LogP contribution is 2.22. The zero-order chi connectivity index (χ0) is 7.40. The summed E-state index contributed by atoms with van der Waals surface area (Å²) in [7, 11) is 0. The topological polar surface area (TPSA) is 17.1 Å². The Balaban J connectivity index is 2.35. The van der Waals surface area contributed by atoms with E-state index in [2.05, 4.69) is 0 Å². The fraction of sp³-hybridized carbons (Fsp3) is 0.875. The van der Waals surface area contributed by atoms with E-state index in [1.807, 2.05) is 11.8 Å². The van der Waals surface area contributed by atoms with E-state index in [1.165, 1.54) is 18.6 Å². The fourth-order valence-corrected chi connectivity index (χ4v) is 2.49. The molecule has 0 aromatic carbocycles. The lowest BCUT2D eigenvalue weighted by atomic mass is 10.0. The molecule has 0 N–H and O–H groups in total. The van der Waals surface area contributed by atoms with Gasteiger partial charge in [-0.15, -0.1) is 0 Å². The molecule has 0 amide bonds. The van der Waals surface area contributed by atoms with Crippen LogP contribution >= 0.6 is 11.8 Å². The molecule has 1 fully saturated rings. The van der Waals surface area contributed by atoms with Gasteiger partial charge < -0.3 is 0 Å². The molecular formula is C8H14OS. The molecule has 1 heterocycles. The summed E-state index contributed by atoms with van der Waals surface area (Å²) >= 11 is 1.93. The average Bonchev–Trinajstić information content (AvgIpc) is 2.12. The largest absolute Gasteiger partial charge is 0.300 e. The Morgan fingerprint density at radius 3 is 3.00 bits per heavy atom. The first-order valence-electron chi connectivity index (χ1n) is 3.89. The van der Waals surface area contributed by atoms with Gasteiger partial charge in [-0.3, -0.25) is 4.79 Å². The highest BCUT2D eigenvalue weighted by Gasteiger charge is 2.15. The van der Waals surface area contributed by atoms with Crippen LogP contribution in [0.1, 0.15) is 26.2 Å². The predicted octanol–water partition coefficient (Wildman–Crippen LogP) is 2.11. The lowest BCUT2D eigenvalue weighted by Gasteiger charge is -2.07. The maximum absolute atomic E-state index is 10.9. The molecule has 0 aromatic heterocycles. The molecule has 0 bridgehead atoms. The summed E-state index contributed by atoms with van der Waals surface area (Å²) in [6, 6.07) is 0. The Bertz CT molecular complexity index is 114. The first-order chi connectivity index (χ1) is 4.80. The van der Waals surface area contributed by atoms with E-state index in [0.29, 0.717) is 11.7 Å². The second-order valence-electron chi connectivity index (χ2n) is 2.88. The average molecular weight is 158 g/mol. The van der Waals surface area contributed by atoms with Gasteiger partial charge in [0.05, 0.1) is 0 Å². The third-order valence-electron chi connectivity index (χ3n) is 1.99. The summed E-state index contributed by atoms with van der Waals surface area (Å²) in [6.07, 6.45) is 3.67. The van der Waals surface area contributed by atoms with Crippen molar-refractivity contribution in [2.24, 2.45) is 5.92 Å². The normalized spacial score (nSPS) is 27.5. The monoisotopic (exact) mass is 158 g/mol. The lowest BCUT2D eigenvalue weighted by Crippen LogP contribution is -2.11. The number of hydrogen-bond donors (Lipinski definition) is 0. The van der Waals surface area contributed by atoms with Crippen LogP contribution in [-0.2, 0) is 4.79 Å². The summed E-state index contributed by atoms with van der Waals surface area (Å²) < 4.78 is 0. The first-order valence-corrected chi connectivity index (χ1v) is 5.04. The minimum Gasteiger partial charge on any atom is -0.300 e. The second kappa shape index (κ2) is 4.02. The van der Waals surface area contributed by atoms with Crippen LogP contribution in [0.15, 0.2) is 0 Å². The van der Waals surface area contributed by atoms with Crippen LogP contribution in [-0.4, -0.2) is 17.3 Å². The fourth-order valence-electron chi connectivity index (χ4n) is 1.22. The zero-order valence-electron chi connectivity index (χ0n) is 6.43. The molecule has 0 spiro atoms. The third kappa shape index (κ3) is 2.33. The minimum absolute atomic E-state index is 0.368. The van der Waals surface area contributed by atoms with E-state index < -0.39 is 0 Å². The molecule has 2 heteroatoms. The smallest absolute Gasteiger partial charge is 0.133 e.